The number of thiol groups is 1. The number of aliphatic hydroxyl groups excluding tert-OH is 1. The van der Waals surface area contributed by atoms with Gasteiger partial charge < -0.3 is 9.67 Å². The fraction of sp³-hybridized carbons (Fsp3) is 0.242. The molecule has 1 fully saturated rings. The lowest BCUT2D eigenvalue weighted by Gasteiger charge is -2.20. The second-order valence-electron chi connectivity index (χ2n) is 9.53. The van der Waals surface area contributed by atoms with E-state index in [1.165, 1.54) is 28.7 Å². The summed E-state index contributed by atoms with van der Waals surface area (Å²) in [5.74, 6) is 1.03. The Morgan fingerprint density at radius 3 is 1.89 bits per heavy atom. The fourth-order valence-electron chi connectivity index (χ4n) is 4.67. The molecular weight excluding hydrogens is 510 g/mol. The Labute approximate surface area is 235 Å². The molecule has 3 nitrogen and oxygen atoms in total. The first-order valence-electron chi connectivity index (χ1n) is 13.1. The topological polar surface area (TPSA) is 42.2 Å². The van der Waals surface area contributed by atoms with Crippen molar-refractivity contribution in [2.75, 3.05) is 5.75 Å². The van der Waals surface area contributed by atoms with Crippen LogP contribution in [0.4, 0.5) is 0 Å². The molecule has 38 heavy (non-hydrogen) atoms. The molecule has 0 amide bonds. The minimum atomic E-state index is -0.131. The average molecular weight is 544 g/mol. The van der Waals surface area contributed by atoms with Crippen molar-refractivity contribution in [3.05, 3.63) is 152 Å². The van der Waals surface area contributed by atoms with E-state index in [2.05, 4.69) is 49.0 Å². The number of halogens is 1. The number of aromatic nitrogens is 1. The molecule has 0 radical (unpaired) electrons. The highest BCUT2D eigenvalue weighted by molar-refractivity contribution is 7.80. The highest BCUT2D eigenvalue weighted by atomic mass is 35.5. The van der Waals surface area contributed by atoms with Crippen LogP contribution in [0.3, 0.4) is 0 Å². The Balaban J connectivity index is 0.000000360. The summed E-state index contributed by atoms with van der Waals surface area (Å²) in [6, 6.07) is 32.9. The van der Waals surface area contributed by atoms with E-state index >= 15 is 0 Å². The second-order valence-corrected chi connectivity index (χ2v) is 10.2. The molecule has 3 aromatic carbocycles. The zero-order chi connectivity index (χ0) is 26.7. The maximum Gasteiger partial charge on any atom is 0.269 e. The zero-order valence-electron chi connectivity index (χ0n) is 21.5. The first-order valence-corrected chi connectivity index (χ1v) is 14.1. The summed E-state index contributed by atoms with van der Waals surface area (Å²) in [5.41, 5.74) is 5.73. The van der Waals surface area contributed by atoms with Gasteiger partial charge in [-0.3, -0.25) is 4.79 Å². The molecule has 0 bridgehead atoms. The van der Waals surface area contributed by atoms with E-state index in [9.17, 15) is 4.79 Å². The minimum absolute atomic E-state index is 0.0193. The minimum Gasteiger partial charge on any atom is -0.512 e. The van der Waals surface area contributed by atoms with Gasteiger partial charge in [0.25, 0.3) is 5.56 Å². The molecule has 4 aromatic rings. The third kappa shape index (κ3) is 7.43. The Kier molecular flexibility index (Phi) is 10.3. The third-order valence-electron chi connectivity index (χ3n) is 6.88. The first-order chi connectivity index (χ1) is 18.6. The monoisotopic (exact) mass is 543 g/mol. The van der Waals surface area contributed by atoms with Crippen molar-refractivity contribution >= 4 is 24.2 Å². The Morgan fingerprint density at radius 1 is 0.868 bits per heavy atom. The molecule has 0 aliphatic heterocycles. The SMILES string of the molecule is O=c1c(Cl)cc(C(c2ccccc2)c2ccccc2)cn1CCCc1ccccc1.OC(CS)=C1CCC1. The first kappa shape index (κ1) is 27.8. The maximum atomic E-state index is 12.7. The molecule has 5 rings (SSSR count). The molecule has 0 spiro atoms. The van der Waals surface area contributed by atoms with E-state index in [4.69, 9.17) is 16.7 Å². The van der Waals surface area contributed by atoms with Crippen LogP contribution in [-0.2, 0) is 13.0 Å². The van der Waals surface area contributed by atoms with E-state index in [1.807, 2.05) is 66.9 Å². The van der Waals surface area contributed by atoms with Crippen LogP contribution in [-0.4, -0.2) is 15.4 Å². The van der Waals surface area contributed by atoms with Gasteiger partial charge in [-0.05, 0) is 66.0 Å². The fourth-order valence-corrected chi connectivity index (χ4v) is 5.12. The van der Waals surface area contributed by atoms with E-state index in [0.29, 0.717) is 18.1 Å². The predicted molar refractivity (Wildman–Crippen MR) is 162 cm³/mol. The standard InChI is InChI=1S/C27H24ClNO.C6H10OS/c28-25-19-24(20-29(27(25)30)18-10-13-21-11-4-1-5-12-21)26(22-14-6-2-7-15-22)23-16-8-3-9-17-23;7-6(4-8)5-2-1-3-5/h1-9,11-12,14-17,19-20,26H,10,13,18H2;7-8H,1-4H2. The smallest absolute Gasteiger partial charge is 0.269 e. The van der Waals surface area contributed by atoms with Crippen LogP contribution in [0.25, 0.3) is 0 Å². The predicted octanol–water partition coefficient (Wildman–Crippen LogP) is 8.23. The average Bonchev–Trinajstić information content (AvgIpc) is 2.92. The van der Waals surface area contributed by atoms with Crippen molar-refractivity contribution in [3.8, 4) is 0 Å². The molecule has 1 saturated carbocycles. The van der Waals surface area contributed by atoms with Crippen molar-refractivity contribution in [1.29, 1.82) is 0 Å². The van der Waals surface area contributed by atoms with Gasteiger partial charge >= 0.3 is 0 Å². The molecule has 196 valence electrons. The number of nitrogens with zero attached hydrogens (tertiary/aromatic N) is 1. The van der Waals surface area contributed by atoms with Crippen LogP contribution < -0.4 is 5.56 Å². The van der Waals surface area contributed by atoms with Gasteiger partial charge in [0.2, 0.25) is 0 Å². The Morgan fingerprint density at radius 2 is 1.42 bits per heavy atom. The van der Waals surface area contributed by atoms with Gasteiger partial charge in [-0.2, -0.15) is 12.6 Å². The highest BCUT2D eigenvalue weighted by Gasteiger charge is 2.19. The number of pyridine rings is 1. The quantitative estimate of drug-likeness (QED) is 0.173. The largest absolute Gasteiger partial charge is 0.512 e. The number of allylic oxidation sites excluding steroid dienone is 1. The summed E-state index contributed by atoms with van der Waals surface area (Å²) in [7, 11) is 0. The van der Waals surface area contributed by atoms with Gasteiger partial charge in [-0.1, -0.05) is 103 Å². The van der Waals surface area contributed by atoms with Gasteiger partial charge in [0.05, 0.1) is 0 Å². The van der Waals surface area contributed by atoms with E-state index in [0.717, 1.165) is 31.2 Å². The summed E-state index contributed by atoms with van der Waals surface area (Å²) in [6.07, 6.45) is 7.21. The maximum absolute atomic E-state index is 12.7. The molecule has 0 unspecified atom stereocenters. The van der Waals surface area contributed by atoms with Crippen molar-refractivity contribution < 1.29 is 5.11 Å². The Bertz CT molecular complexity index is 1330. The zero-order valence-corrected chi connectivity index (χ0v) is 23.1. The number of rotatable bonds is 8. The normalized spacial score (nSPS) is 12.4. The number of aliphatic hydroxyl groups is 1. The molecule has 1 aliphatic carbocycles. The third-order valence-corrected chi connectivity index (χ3v) is 7.46. The van der Waals surface area contributed by atoms with Crippen LogP contribution in [0.2, 0.25) is 5.02 Å². The summed E-state index contributed by atoms with van der Waals surface area (Å²) >= 11 is 10.3. The van der Waals surface area contributed by atoms with Crippen molar-refractivity contribution in [3.63, 3.8) is 0 Å². The van der Waals surface area contributed by atoms with Crippen molar-refractivity contribution in [1.82, 2.24) is 4.57 Å². The van der Waals surface area contributed by atoms with Crippen LogP contribution in [0, 0.1) is 0 Å². The number of benzene rings is 3. The molecular formula is C33H34ClNO2S. The van der Waals surface area contributed by atoms with Gasteiger partial charge in [-0.15, -0.1) is 0 Å². The van der Waals surface area contributed by atoms with Crippen molar-refractivity contribution in [2.45, 2.75) is 44.6 Å². The lowest BCUT2D eigenvalue weighted by molar-refractivity contribution is 0.392. The molecule has 5 heteroatoms. The summed E-state index contributed by atoms with van der Waals surface area (Å²) in [5, 5.41) is 9.25. The van der Waals surface area contributed by atoms with Gasteiger partial charge in [-0.25, -0.2) is 0 Å². The molecule has 1 N–H and O–H groups in total. The molecule has 0 atom stereocenters. The van der Waals surface area contributed by atoms with Crippen LogP contribution >= 0.6 is 24.2 Å². The van der Waals surface area contributed by atoms with E-state index in [1.54, 1.807) is 4.57 Å². The number of hydrogen-bond donors (Lipinski definition) is 2. The van der Waals surface area contributed by atoms with Gasteiger partial charge in [0, 0.05) is 24.4 Å². The van der Waals surface area contributed by atoms with Gasteiger partial charge in [0.1, 0.15) is 10.8 Å². The van der Waals surface area contributed by atoms with Gasteiger partial charge in [0.15, 0.2) is 0 Å². The molecule has 0 saturated heterocycles. The van der Waals surface area contributed by atoms with E-state index < -0.39 is 0 Å². The lowest BCUT2D eigenvalue weighted by atomic mass is 9.86. The summed E-state index contributed by atoms with van der Waals surface area (Å²) < 4.78 is 1.76. The van der Waals surface area contributed by atoms with Crippen LogP contribution in [0.5, 0.6) is 0 Å². The number of aryl methyl sites for hydroxylation is 2. The van der Waals surface area contributed by atoms with Crippen molar-refractivity contribution in [2.24, 2.45) is 0 Å². The summed E-state index contributed by atoms with van der Waals surface area (Å²) in [4.78, 5) is 12.7. The second kappa shape index (κ2) is 14.1. The lowest BCUT2D eigenvalue weighted by Crippen LogP contribution is -2.22. The van der Waals surface area contributed by atoms with Crippen LogP contribution in [0.1, 0.15) is 53.9 Å². The van der Waals surface area contributed by atoms with Crippen LogP contribution in [0.15, 0.2) is 119 Å². The highest BCUT2D eigenvalue weighted by Crippen LogP contribution is 2.32. The Hall–Kier alpha value is -3.21. The summed E-state index contributed by atoms with van der Waals surface area (Å²) in [6.45, 7) is 0.636. The van der Waals surface area contributed by atoms with E-state index in [-0.39, 0.29) is 16.5 Å². The molecule has 1 heterocycles. The molecule has 1 aromatic heterocycles. The molecule has 1 aliphatic rings. The number of hydrogen-bond acceptors (Lipinski definition) is 3.